The second-order valence-electron chi connectivity index (χ2n) is 4.47. The molecule has 3 aromatic rings. The quantitative estimate of drug-likeness (QED) is 0.721. The lowest BCUT2D eigenvalue weighted by atomic mass is 10.2. The Balaban J connectivity index is 1.85. The molecule has 4 nitrogen and oxygen atoms in total. The zero-order valence-electron chi connectivity index (χ0n) is 10.7. The molecule has 0 spiro atoms. The van der Waals surface area contributed by atoms with E-state index in [9.17, 15) is 0 Å². The van der Waals surface area contributed by atoms with E-state index in [0.717, 1.165) is 33.4 Å². The van der Waals surface area contributed by atoms with Gasteiger partial charge in [-0.15, -0.1) is 0 Å². The third kappa shape index (κ3) is 2.72. The normalized spacial score (nSPS) is 10.7. The number of halogens is 1. The second kappa shape index (κ2) is 5.46. The van der Waals surface area contributed by atoms with Gasteiger partial charge in [-0.05, 0) is 45.8 Å². The van der Waals surface area contributed by atoms with Crippen LogP contribution in [0.2, 0.25) is 0 Å². The number of fused-ring (bicyclic) bond motifs is 1. The van der Waals surface area contributed by atoms with Crippen LogP contribution in [0.4, 0.5) is 11.4 Å². The number of nitrogen functional groups attached to an aromatic ring is 1. The number of hydrogen-bond acceptors (Lipinski definition) is 4. The number of nitrogens with two attached hydrogens (primary N) is 1. The molecule has 2 aromatic heterocycles. The van der Waals surface area contributed by atoms with Crippen LogP contribution in [0.25, 0.3) is 11.0 Å². The lowest BCUT2D eigenvalue weighted by Crippen LogP contribution is -2.01. The highest BCUT2D eigenvalue weighted by atomic mass is 79.9. The van der Waals surface area contributed by atoms with E-state index in [1.54, 1.807) is 12.4 Å². The van der Waals surface area contributed by atoms with Crippen LogP contribution in [0, 0.1) is 0 Å². The molecule has 0 aliphatic heterocycles. The molecule has 3 rings (SSSR count). The molecule has 3 N–H and O–H groups in total. The van der Waals surface area contributed by atoms with Gasteiger partial charge in [-0.2, -0.15) is 0 Å². The monoisotopic (exact) mass is 328 g/mol. The van der Waals surface area contributed by atoms with Gasteiger partial charge < -0.3 is 11.1 Å². The number of hydrogen-bond donors (Lipinski definition) is 2. The van der Waals surface area contributed by atoms with E-state index in [1.165, 1.54) is 5.56 Å². The molecule has 2 heterocycles. The van der Waals surface area contributed by atoms with Gasteiger partial charge in [0.05, 0.1) is 11.2 Å². The van der Waals surface area contributed by atoms with Crippen LogP contribution in [0.5, 0.6) is 0 Å². The minimum atomic E-state index is 0.719. The van der Waals surface area contributed by atoms with Gasteiger partial charge in [-0.25, -0.2) is 0 Å². The fourth-order valence-electron chi connectivity index (χ4n) is 1.98. The molecular weight excluding hydrogens is 316 g/mol. The molecule has 0 unspecified atom stereocenters. The van der Waals surface area contributed by atoms with Crippen LogP contribution >= 0.6 is 15.9 Å². The van der Waals surface area contributed by atoms with Gasteiger partial charge >= 0.3 is 0 Å². The molecule has 0 bridgehead atoms. The average molecular weight is 329 g/mol. The Morgan fingerprint density at radius 3 is 2.70 bits per heavy atom. The first kappa shape index (κ1) is 12.9. The number of nitrogens with zero attached hydrogens (tertiary/aromatic N) is 2. The number of benzene rings is 1. The van der Waals surface area contributed by atoms with Crippen molar-refractivity contribution in [2.75, 3.05) is 11.1 Å². The Labute approximate surface area is 125 Å². The Hall–Kier alpha value is -2.14. The lowest BCUT2D eigenvalue weighted by molar-refractivity contribution is 1.15. The van der Waals surface area contributed by atoms with E-state index in [1.807, 2.05) is 36.4 Å². The van der Waals surface area contributed by atoms with Crippen LogP contribution in [0.15, 0.2) is 53.3 Å². The van der Waals surface area contributed by atoms with Gasteiger partial charge in [0.15, 0.2) is 0 Å². The molecule has 0 fully saturated rings. The van der Waals surface area contributed by atoms with Crippen LogP contribution in [0.3, 0.4) is 0 Å². The largest absolute Gasteiger partial charge is 0.399 e. The topological polar surface area (TPSA) is 63.8 Å². The summed E-state index contributed by atoms with van der Waals surface area (Å²) in [4.78, 5) is 8.74. The number of aromatic nitrogens is 2. The molecule has 0 aliphatic carbocycles. The summed E-state index contributed by atoms with van der Waals surface area (Å²) in [5.41, 5.74) is 10.3. The summed E-state index contributed by atoms with van der Waals surface area (Å²) in [5, 5.41) is 3.38. The summed E-state index contributed by atoms with van der Waals surface area (Å²) in [6.07, 6.45) is 3.56. The van der Waals surface area contributed by atoms with Gasteiger partial charge in [0, 0.05) is 29.1 Å². The molecule has 0 saturated heterocycles. The van der Waals surface area contributed by atoms with E-state index in [-0.39, 0.29) is 0 Å². The summed E-state index contributed by atoms with van der Waals surface area (Å²) in [6, 6.07) is 11.7. The lowest BCUT2D eigenvalue weighted by Gasteiger charge is -2.09. The molecule has 100 valence electrons. The number of pyridine rings is 2. The molecule has 1 aromatic carbocycles. The SMILES string of the molecule is Nc1ccc(CNc2ccnc3cc(Br)cnc23)cc1. The minimum absolute atomic E-state index is 0.719. The Bertz CT molecular complexity index is 740. The summed E-state index contributed by atoms with van der Waals surface area (Å²) >= 11 is 3.40. The van der Waals surface area contributed by atoms with Gasteiger partial charge in [-0.3, -0.25) is 9.97 Å². The fraction of sp³-hybridized carbons (Fsp3) is 0.0667. The summed E-state index contributed by atoms with van der Waals surface area (Å²) in [5.74, 6) is 0. The first-order valence-corrected chi connectivity index (χ1v) is 7.00. The van der Waals surface area contributed by atoms with Crippen molar-refractivity contribution in [1.82, 2.24) is 9.97 Å². The van der Waals surface area contributed by atoms with E-state index in [0.29, 0.717) is 0 Å². The zero-order chi connectivity index (χ0) is 13.9. The van der Waals surface area contributed by atoms with Crippen molar-refractivity contribution in [3.63, 3.8) is 0 Å². The maximum Gasteiger partial charge on any atom is 0.112 e. The number of rotatable bonds is 3. The van der Waals surface area contributed by atoms with Crippen LogP contribution < -0.4 is 11.1 Å². The van der Waals surface area contributed by atoms with Crippen molar-refractivity contribution in [3.8, 4) is 0 Å². The predicted octanol–water partition coefficient (Wildman–Crippen LogP) is 3.59. The van der Waals surface area contributed by atoms with Crippen molar-refractivity contribution in [2.45, 2.75) is 6.54 Å². The molecule has 5 heteroatoms. The number of nitrogens with one attached hydrogen (secondary N) is 1. The molecule has 0 radical (unpaired) electrons. The maximum atomic E-state index is 5.68. The van der Waals surface area contributed by atoms with Crippen LogP contribution in [0.1, 0.15) is 5.56 Å². The highest BCUT2D eigenvalue weighted by Crippen LogP contribution is 2.22. The molecule has 0 amide bonds. The van der Waals surface area contributed by atoms with Gasteiger partial charge in [0.25, 0.3) is 0 Å². The highest BCUT2D eigenvalue weighted by Gasteiger charge is 2.03. The first-order valence-electron chi connectivity index (χ1n) is 6.21. The minimum Gasteiger partial charge on any atom is -0.399 e. The van der Waals surface area contributed by atoms with E-state index in [4.69, 9.17) is 5.73 Å². The summed E-state index contributed by atoms with van der Waals surface area (Å²) in [7, 11) is 0. The van der Waals surface area contributed by atoms with Crippen molar-refractivity contribution in [1.29, 1.82) is 0 Å². The Morgan fingerprint density at radius 2 is 1.90 bits per heavy atom. The third-order valence-electron chi connectivity index (χ3n) is 3.01. The Kier molecular flexibility index (Phi) is 3.52. The van der Waals surface area contributed by atoms with Crippen molar-refractivity contribution < 1.29 is 0 Å². The van der Waals surface area contributed by atoms with Gasteiger partial charge in [0.2, 0.25) is 0 Å². The predicted molar refractivity (Wildman–Crippen MR) is 85.4 cm³/mol. The molecule has 0 saturated carbocycles. The fourth-order valence-corrected chi connectivity index (χ4v) is 2.30. The second-order valence-corrected chi connectivity index (χ2v) is 5.39. The van der Waals surface area contributed by atoms with Gasteiger partial charge in [-0.1, -0.05) is 12.1 Å². The first-order chi connectivity index (χ1) is 9.72. The van der Waals surface area contributed by atoms with Crippen LogP contribution in [-0.2, 0) is 6.54 Å². The summed E-state index contributed by atoms with van der Waals surface area (Å²) < 4.78 is 0.924. The van der Waals surface area contributed by atoms with Crippen molar-refractivity contribution in [3.05, 3.63) is 58.8 Å². The van der Waals surface area contributed by atoms with Crippen molar-refractivity contribution >= 4 is 38.3 Å². The van der Waals surface area contributed by atoms with E-state index in [2.05, 4.69) is 31.2 Å². The standard InChI is InChI=1S/C15H13BrN4/c16-11-7-14-15(20-9-11)13(5-6-18-14)19-8-10-1-3-12(17)4-2-10/h1-7,9H,8,17H2,(H,18,19). The third-order valence-corrected chi connectivity index (χ3v) is 3.44. The molecular formula is C15H13BrN4. The number of anilines is 2. The smallest absolute Gasteiger partial charge is 0.112 e. The molecule has 0 atom stereocenters. The van der Waals surface area contributed by atoms with Crippen molar-refractivity contribution in [2.24, 2.45) is 0 Å². The van der Waals surface area contributed by atoms with Gasteiger partial charge in [0.1, 0.15) is 5.52 Å². The van der Waals surface area contributed by atoms with E-state index >= 15 is 0 Å². The molecule has 20 heavy (non-hydrogen) atoms. The molecule has 0 aliphatic rings. The maximum absolute atomic E-state index is 5.68. The summed E-state index contributed by atoms with van der Waals surface area (Å²) in [6.45, 7) is 0.719. The Morgan fingerprint density at radius 1 is 1.10 bits per heavy atom. The highest BCUT2D eigenvalue weighted by molar-refractivity contribution is 9.10. The average Bonchev–Trinajstić information content (AvgIpc) is 2.46. The van der Waals surface area contributed by atoms with Crippen LogP contribution in [-0.4, -0.2) is 9.97 Å². The van der Waals surface area contributed by atoms with E-state index < -0.39 is 0 Å². The zero-order valence-corrected chi connectivity index (χ0v) is 12.3.